The number of hydrogen-bond donors (Lipinski definition) is 1. The van der Waals surface area contributed by atoms with Crippen molar-refractivity contribution in [3.8, 4) is 5.75 Å². The van der Waals surface area contributed by atoms with Gasteiger partial charge in [0.25, 0.3) is 0 Å². The summed E-state index contributed by atoms with van der Waals surface area (Å²) < 4.78 is 11.7. The summed E-state index contributed by atoms with van der Waals surface area (Å²) in [5.74, 6) is 2.79. The molecule has 1 heterocycles. The third kappa shape index (κ3) is 6.89. The molecule has 1 aromatic heterocycles. The molecule has 0 saturated carbocycles. The number of nitrogens with zero attached hydrogens (tertiary/aromatic N) is 1. The van der Waals surface area contributed by atoms with Gasteiger partial charge in [0.05, 0.1) is 13.7 Å². The first-order valence-electron chi connectivity index (χ1n) is 10.6. The highest BCUT2D eigenvalue weighted by Gasteiger charge is 2.28. The van der Waals surface area contributed by atoms with Gasteiger partial charge in [0.1, 0.15) is 17.3 Å². The van der Waals surface area contributed by atoms with E-state index in [2.05, 4.69) is 24.8 Å². The summed E-state index contributed by atoms with van der Waals surface area (Å²) in [6, 6.07) is 12.0. The number of aliphatic hydroxyl groups is 1. The molecule has 2 aromatic rings. The number of rotatable bonds is 10. The Hall–Kier alpha value is -2.30. The number of benzene rings is 1. The maximum atomic E-state index is 11.2. The van der Waals surface area contributed by atoms with Gasteiger partial charge in [0.2, 0.25) is 0 Å². The molecule has 0 unspecified atom stereocenters. The third-order valence-electron chi connectivity index (χ3n) is 4.66. The zero-order valence-corrected chi connectivity index (χ0v) is 19.5. The summed E-state index contributed by atoms with van der Waals surface area (Å²) in [5, 5.41) is 11.2. The number of furan rings is 1. The smallest absolute Gasteiger partial charge is 0.159 e. The van der Waals surface area contributed by atoms with E-state index in [0.717, 1.165) is 41.3 Å². The number of methoxy groups -OCH3 is 1. The number of hydrogen-bond acceptors (Lipinski definition) is 4. The van der Waals surface area contributed by atoms with Gasteiger partial charge >= 0.3 is 0 Å². The fraction of sp³-hybridized carbons (Fsp3) is 0.462. The van der Waals surface area contributed by atoms with Crippen LogP contribution in [0.2, 0.25) is 0 Å². The van der Waals surface area contributed by atoms with Crippen molar-refractivity contribution in [1.82, 2.24) is 4.90 Å². The van der Waals surface area contributed by atoms with Gasteiger partial charge < -0.3 is 14.3 Å². The predicted octanol–water partition coefficient (Wildman–Crippen LogP) is 6.07. The minimum absolute atomic E-state index is 0.516. The van der Waals surface area contributed by atoms with Crippen LogP contribution in [-0.2, 0) is 18.7 Å². The molecule has 1 N–H and O–H groups in total. The Morgan fingerprint density at radius 3 is 2.23 bits per heavy atom. The molecule has 0 amide bonds. The van der Waals surface area contributed by atoms with Crippen LogP contribution in [0.3, 0.4) is 0 Å². The van der Waals surface area contributed by atoms with Crippen LogP contribution in [0.4, 0.5) is 0 Å². The van der Waals surface area contributed by atoms with E-state index < -0.39 is 5.60 Å². The van der Waals surface area contributed by atoms with E-state index in [4.69, 9.17) is 9.15 Å². The fourth-order valence-electron chi connectivity index (χ4n) is 3.74. The first-order valence-corrected chi connectivity index (χ1v) is 10.6. The van der Waals surface area contributed by atoms with Crippen LogP contribution in [0, 0.1) is 5.92 Å². The molecule has 4 nitrogen and oxygen atoms in total. The summed E-state index contributed by atoms with van der Waals surface area (Å²) in [6.45, 7) is 14.7. The Morgan fingerprint density at radius 1 is 1.03 bits per heavy atom. The minimum Gasteiger partial charge on any atom is -0.496 e. The van der Waals surface area contributed by atoms with Crippen molar-refractivity contribution in [1.29, 1.82) is 0 Å². The fourth-order valence-corrected chi connectivity index (χ4v) is 3.74. The van der Waals surface area contributed by atoms with E-state index in [1.165, 1.54) is 0 Å². The SMILES string of the molecule is COc1ccccc1CN(Cc1ccc(C(O)(C=C(C)C)C=C(C)C)o1)CC(C)C. The van der Waals surface area contributed by atoms with Gasteiger partial charge in [0.15, 0.2) is 5.60 Å². The number of allylic oxidation sites excluding steroid dienone is 2. The standard InChI is InChI=1S/C26H37NO3/c1-19(2)14-26(28,15-20(3)4)25-13-12-23(30-25)18-27(16-21(5)6)17-22-10-8-9-11-24(22)29-7/h8-15,21,28H,16-18H2,1-7H3. The van der Waals surface area contributed by atoms with Crippen molar-refractivity contribution in [3.63, 3.8) is 0 Å². The average Bonchev–Trinajstić information content (AvgIpc) is 3.09. The average molecular weight is 412 g/mol. The molecule has 0 atom stereocenters. The molecule has 2 rings (SSSR count). The number of ether oxygens (including phenoxy) is 1. The topological polar surface area (TPSA) is 45.8 Å². The van der Waals surface area contributed by atoms with Crippen LogP contribution in [0.15, 0.2) is 64.1 Å². The van der Waals surface area contributed by atoms with E-state index in [1.807, 2.05) is 70.2 Å². The highest BCUT2D eigenvalue weighted by Crippen LogP contribution is 2.30. The summed E-state index contributed by atoms with van der Waals surface area (Å²) in [7, 11) is 1.71. The normalized spacial score (nSPS) is 11.7. The van der Waals surface area contributed by atoms with Gasteiger partial charge in [0, 0.05) is 18.7 Å². The van der Waals surface area contributed by atoms with E-state index in [1.54, 1.807) is 7.11 Å². The summed E-state index contributed by atoms with van der Waals surface area (Å²) >= 11 is 0. The molecule has 0 spiro atoms. The largest absolute Gasteiger partial charge is 0.496 e. The van der Waals surface area contributed by atoms with Gasteiger partial charge in [-0.25, -0.2) is 0 Å². The minimum atomic E-state index is -1.23. The summed E-state index contributed by atoms with van der Waals surface area (Å²) in [6.07, 6.45) is 3.67. The summed E-state index contributed by atoms with van der Waals surface area (Å²) in [5.41, 5.74) is 1.98. The third-order valence-corrected chi connectivity index (χ3v) is 4.66. The van der Waals surface area contributed by atoms with Crippen molar-refractivity contribution in [3.05, 3.63) is 76.8 Å². The van der Waals surface area contributed by atoms with E-state index >= 15 is 0 Å². The Kier molecular flexibility index (Phi) is 8.51. The van der Waals surface area contributed by atoms with Crippen LogP contribution in [0.5, 0.6) is 5.75 Å². The molecule has 0 aliphatic rings. The van der Waals surface area contributed by atoms with Crippen molar-refractivity contribution >= 4 is 0 Å². The van der Waals surface area contributed by atoms with Crippen LogP contribution < -0.4 is 4.74 Å². The van der Waals surface area contributed by atoms with Crippen LogP contribution in [0.25, 0.3) is 0 Å². The molecular formula is C26H37NO3. The first-order chi connectivity index (χ1) is 14.1. The lowest BCUT2D eigenvalue weighted by molar-refractivity contribution is 0.109. The monoisotopic (exact) mass is 411 g/mol. The van der Waals surface area contributed by atoms with Gasteiger partial charge in [-0.1, -0.05) is 43.2 Å². The maximum absolute atomic E-state index is 11.2. The van der Waals surface area contributed by atoms with Crippen LogP contribution in [-0.4, -0.2) is 23.7 Å². The van der Waals surface area contributed by atoms with Gasteiger partial charge in [-0.2, -0.15) is 0 Å². The van der Waals surface area contributed by atoms with Gasteiger partial charge in [-0.3, -0.25) is 4.90 Å². The van der Waals surface area contributed by atoms with Gasteiger partial charge in [-0.05, 0) is 64.0 Å². The molecule has 30 heavy (non-hydrogen) atoms. The second-order valence-corrected chi connectivity index (χ2v) is 8.91. The van der Waals surface area contributed by atoms with Crippen molar-refractivity contribution in [2.45, 2.75) is 60.2 Å². The predicted molar refractivity (Wildman–Crippen MR) is 123 cm³/mol. The molecule has 0 fully saturated rings. The molecule has 0 radical (unpaired) electrons. The van der Waals surface area contributed by atoms with E-state index in [-0.39, 0.29) is 0 Å². The van der Waals surface area contributed by atoms with Crippen LogP contribution >= 0.6 is 0 Å². The number of para-hydroxylation sites is 1. The van der Waals surface area contributed by atoms with E-state index in [9.17, 15) is 5.11 Å². The lowest BCUT2D eigenvalue weighted by Gasteiger charge is -2.24. The molecule has 1 aromatic carbocycles. The van der Waals surface area contributed by atoms with Crippen molar-refractivity contribution < 1.29 is 14.3 Å². The Bertz CT molecular complexity index is 850. The quantitative estimate of drug-likeness (QED) is 0.482. The van der Waals surface area contributed by atoms with Crippen LogP contribution in [0.1, 0.15) is 58.6 Å². The molecule has 4 heteroatoms. The zero-order chi connectivity index (χ0) is 22.3. The van der Waals surface area contributed by atoms with Crippen molar-refractivity contribution in [2.24, 2.45) is 5.92 Å². The Labute approximate surface area is 181 Å². The van der Waals surface area contributed by atoms with Gasteiger partial charge in [-0.15, -0.1) is 0 Å². The Morgan fingerprint density at radius 2 is 1.67 bits per heavy atom. The highest BCUT2D eigenvalue weighted by atomic mass is 16.5. The van der Waals surface area contributed by atoms with E-state index in [0.29, 0.717) is 18.2 Å². The lowest BCUT2D eigenvalue weighted by Crippen LogP contribution is -2.27. The second kappa shape index (κ2) is 10.6. The molecule has 0 aliphatic carbocycles. The molecule has 0 aliphatic heterocycles. The second-order valence-electron chi connectivity index (χ2n) is 8.91. The van der Waals surface area contributed by atoms with Crippen molar-refractivity contribution in [2.75, 3.05) is 13.7 Å². The zero-order valence-electron chi connectivity index (χ0n) is 19.5. The molecule has 0 bridgehead atoms. The maximum Gasteiger partial charge on any atom is 0.159 e. The molecule has 0 saturated heterocycles. The highest BCUT2D eigenvalue weighted by molar-refractivity contribution is 5.33. The first kappa shape index (κ1) is 24.0. The molecule has 164 valence electrons. The lowest BCUT2D eigenvalue weighted by atomic mass is 9.95. The summed E-state index contributed by atoms with van der Waals surface area (Å²) in [4.78, 5) is 2.35. The Balaban J connectivity index is 2.28. The molecular weight excluding hydrogens is 374 g/mol.